The van der Waals surface area contributed by atoms with E-state index in [1.54, 1.807) is 0 Å². The first-order valence-corrected chi connectivity index (χ1v) is 6.77. The van der Waals surface area contributed by atoms with Crippen LogP contribution in [0, 0.1) is 11.6 Å². The lowest BCUT2D eigenvalue weighted by atomic mass is 10.1. The van der Waals surface area contributed by atoms with Crippen LogP contribution < -0.4 is 5.32 Å². The number of hydrogen-bond donors (Lipinski definition) is 1. The maximum absolute atomic E-state index is 13.1. The van der Waals surface area contributed by atoms with E-state index < -0.39 is 29.5 Å². The molecule has 1 aromatic rings. The number of benzene rings is 1. The number of nitrogens with zero attached hydrogens (tertiary/aromatic N) is 1. The number of fused-ring (bicyclic) bond motifs is 1. The van der Waals surface area contributed by atoms with Crippen LogP contribution in [0.2, 0.25) is 0 Å². The van der Waals surface area contributed by atoms with Crippen molar-refractivity contribution in [1.29, 1.82) is 0 Å². The lowest BCUT2D eigenvalue weighted by molar-refractivity contribution is -0.112. The van der Waals surface area contributed by atoms with Gasteiger partial charge < -0.3 is 14.9 Å². The van der Waals surface area contributed by atoms with E-state index in [1.165, 1.54) is 0 Å². The quantitative estimate of drug-likeness (QED) is 0.643. The molecule has 1 atom stereocenters. The van der Waals surface area contributed by atoms with Crippen LogP contribution in [0.4, 0.5) is 8.78 Å². The number of nitrogens with one attached hydrogen (secondary N) is 1. The largest absolute Gasteiger partial charge is 0.323 e. The van der Waals surface area contributed by atoms with E-state index in [1.807, 2.05) is 14.1 Å². The normalized spacial score (nSPS) is 14.0. The van der Waals surface area contributed by atoms with E-state index in [9.17, 15) is 28.0 Å². The van der Waals surface area contributed by atoms with Gasteiger partial charge in [-0.05, 0) is 32.6 Å². The number of rotatable bonds is 5. The summed E-state index contributed by atoms with van der Waals surface area (Å²) in [5, 5.41) is 2.75. The van der Waals surface area contributed by atoms with Gasteiger partial charge in [-0.1, -0.05) is 0 Å². The van der Waals surface area contributed by atoms with Gasteiger partial charge in [0, 0.05) is 6.42 Å². The molecule has 1 aromatic carbocycles. The minimum absolute atomic E-state index is 0.0144. The Kier molecular flexibility index (Phi) is 6.65. The van der Waals surface area contributed by atoms with E-state index in [4.69, 9.17) is 0 Å². The molecule has 0 bridgehead atoms. The smallest absolute Gasteiger partial charge is 0.262 e. The molecule has 1 heterocycles. The predicted octanol–water partition coefficient (Wildman–Crippen LogP) is 0.943. The van der Waals surface area contributed by atoms with Gasteiger partial charge in [0.1, 0.15) is 12.6 Å². The molecule has 0 spiro atoms. The Morgan fingerprint density at radius 2 is 1.52 bits per heavy atom. The van der Waals surface area contributed by atoms with Crippen molar-refractivity contribution in [2.24, 2.45) is 0 Å². The summed E-state index contributed by atoms with van der Waals surface area (Å²) in [5.74, 6) is -4.23. The van der Waals surface area contributed by atoms with Gasteiger partial charge in [-0.15, -0.1) is 0 Å². The van der Waals surface area contributed by atoms with E-state index in [0.29, 0.717) is 29.6 Å². The maximum atomic E-state index is 13.1. The third-order valence-electron chi connectivity index (χ3n) is 3.03. The highest BCUT2D eigenvalue weighted by molar-refractivity contribution is 6.22. The minimum atomic E-state index is -1.25. The standard InChI is InChI=1S/C13H9F2NO4.C2H7N/c14-10-4-8-9(5-11(10)15)13(20)16(12(8)19)7(6-18)2-1-3-17;1-3-2/h3-7H,1-2H2;3H,1-2H3. The summed E-state index contributed by atoms with van der Waals surface area (Å²) in [5.41, 5.74) is -0.571. The molecule has 0 radical (unpaired) electrons. The Balaban J connectivity index is 0.000000816. The van der Waals surface area contributed by atoms with Gasteiger partial charge in [-0.3, -0.25) is 14.5 Å². The summed E-state index contributed by atoms with van der Waals surface area (Å²) in [6.45, 7) is 0. The van der Waals surface area contributed by atoms with Crippen LogP contribution in [0.5, 0.6) is 0 Å². The summed E-state index contributed by atoms with van der Waals surface area (Å²) in [6.07, 6.45) is 0.870. The van der Waals surface area contributed by atoms with Gasteiger partial charge in [0.2, 0.25) is 0 Å². The van der Waals surface area contributed by atoms with Gasteiger partial charge in [0.15, 0.2) is 11.6 Å². The van der Waals surface area contributed by atoms with Gasteiger partial charge in [0.05, 0.1) is 17.2 Å². The predicted molar refractivity (Wildman–Crippen MR) is 77.0 cm³/mol. The number of hydrogen-bond acceptors (Lipinski definition) is 5. The zero-order valence-electron chi connectivity index (χ0n) is 12.6. The van der Waals surface area contributed by atoms with E-state index >= 15 is 0 Å². The molecule has 1 aliphatic heterocycles. The Morgan fingerprint density at radius 3 is 1.87 bits per heavy atom. The Labute approximate surface area is 131 Å². The van der Waals surface area contributed by atoms with E-state index in [0.717, 1.165) is 0 Å². The highest BCUT2D eigenvalue weighted by Crippen LogP contribution is 2.27. The zero-order valence-corrected chi connectivity index (χ0v) is 12.6. The highest BCUT2D eigenvalue weighted by Gasteiger charge is 2.40. The molecule has 1 N–H and O–H groups in total. The highest BCUT2D eigenvalue weighted by atomic mass is 19.2. The summed E-state index contributed by atoms with van der Waals surface area (Å²) < 4.78 is 26.2. The number of carbonyl (C=O) groups is 4. The topological polar surface area (TPSA) is 83.6 Å². The molecule has 0 aromatic heterocycles. The fourth-order valence-electron chi connectivity index (χ4n) is 2.05. The Bertz CT molecular complexity index is 593. The van der Waals surface area contributed by atoms with Crippen LogP contribution in [0.15, 0.2) is 12.1 Å². The van der Waals surface area contributed by atoms with Crippen LogP contribution in [-0.2, 0) is 9.59 Å². The molecule has 0 aliphatic carbocycles. The summed E-state index contributed by atoms with van der Waals surface area (Å²) >= 11 is 0. The van der Waals surface area contributed by atoms with Crippen LogP contribution in [-0.4, -0.2) is 49.4 Å². The van der Waals surface area contributed by atoms with Crippen LogP contribution in [0.3, 0.4) is 0 Å². The van der Waals surface area contributed by atoms with Crippen molar-refractivity contribution in [3.8, 4) is 0 Å². The molecule has 6 nitrogen and oxygen atoms in total. The number of halogens is 2. The molecule has 0 saturated heterocycles. The first kappa shape index (κ1) is 18.6. The van der Waals surface area contributed by atoms with E-state index in [2.05, 4.69) is 5.32 Å². The molecule has 1 unspecified atom stereocenters. The fourth-order valence-corrected chi connectivity index (χ4v) is 2.05. The minimum Gasteiger partial charge on any atom is -0.323 e. The summed E-state index contributed by atoms with van der Waals surface area (Å²) in [7, 11) is 3.75. The maximum Gasteiger partial charge on any atom is 0.262 e. The molecule has 2 amide bonds. The molecule has 0 fully saturated rings. The molecular formula is C15H16F2N2O4. The van der Waals surface area contributed by atoms with Crippen molar-refractivity contribution >= 4 is 24.4 Å². The van der Waals surface area contributed by atoms with Gasteiger partial charge >= 0.3 is 0 Å². The van der Waals surface area contributed by atoms with E-state index in [-0.39, 0.29) is 24.0 Å². The lowest BCUT2D eigenvalue weighted by Gasteiger charge is -2.20. The number of amides is 2. The van der Waals surface area contributed by atoms with Crippen molar-refractivity contribution in [3.05, 3.63) is 34.9 Å². The van der Waals surface area contributed by atoms with Crippen molar-refractivity contribution < 1.29 is 28.0 Å². The fraction of sp³-hybridized carbons (Fsp3) is 0.333. The molecule has 0 saturated carbocycles. The third kappa shape index (κ3) is 3.84. The van der Waals surface area contributed by atoms with Crippen molar-refractivity contribution in [2.45, 2.75) is 18.9 Å². The Hall–Kier alpha value is -2.48. The van der Waals surface area contributed by atoms with Crippen LogP contribution in [0.25, 0.3) is 0 Å². The van der Waals surface area contributed by atoms with Gasteiger partial charge in [-0.25, -0.2) is 8.78 Å². The lowest BCUT2D eigenvalue weighted by Crippen LogP contribution is -2.40. The number of carbonyl (C=O) groups excluding carboxylic acids is 4. The SMILES string of the molecule is CNC.O=CCCC(C=O)N1C(=O)c2cc(F)c(F)cc2C1=O. The van der Waals surface area contributed by atoms with Gasteiger partial charge in [0.25, 0.3) is 11.8 Å². The van der Waals surface area contributed by atoms with Crippen molar-refractivity contribution in [2.75, 3.05) is 14.1 Å². The zero-order chi connectivity index (χ0) is 17.6. The molecular weight excluding hydrogens is 310 g/mol. The second-order valence-electron chi connectivity index (χ2n) is 4.74. The van der Waals surface area contributed by atoms with Crippen molar-refractivity contribution in [3.63, 3.8) is 0 Å². The number of aldehydes is 2. The van der Waals surface area contributed by atoms with Crippen molar-refractivity contribution in [1.82, 2.24) is 10.2 Å². The van der Waals surface area contributed by atoms with Crippen LogP contribution >= 0.6 is 0 Å². The Morgan fingerprint density at radius 1 is 1.09 bits per heavy atom. The van der Waals surface area contributed by atoms with Crippen LogP contribution in [0.1, 0.15) is 33.6 Å². The second kappa shape index (κ2) is 8.23. The first-order valence-electron chi connectivity index (χ1n) is 6.77. The second-order valence-corrected chi connectivity index (χ2v) is 4.74. The van der Waals surface area contributed by atoms with Gasteiger partial charge in [-0.2, -0.15) is 0 Å². The monoisotopic (exact) mass is 326 g/mol. The summed E-state index contributed by atoms with van der Waals surface area (Å²) in [6, 6.07) is 0.137. The molecule has 124 valence electrons. The number of imide groups is 1. The first-order chi connectivity index (χ1) is 10.9. The average Bonchev–Trinajstić information content (AvgIpc) is 2.74. The molecule has 23 heavy (non-hydrogen) atoms. The third-order valence-corrected chi connectivity index (χ3v) is 3.03. The molecule has 8 heteroatoms. The summed E-state index contributed by atoms with van der Waals surface area (Å²) in [4.78, 5) is 45.9. The average molecular weight is 326 g/mol. The molecule has 2 rings (SSSR count). The molecule has 1 aliphatic rings.